The van der Waals surface area contributed by atoms with Crippen LogP contribution in [0.5, 0.6) is 0 Å². The number of carbonyl (C=O) groups is 1. The highest BCUT2D eigenvalue weighted by Crippen LogP contribution is 2.24. The summed E-state index contributed by atoms with van der Waals surface area (Å²) in [5.74, 6) is 1.55. The average Bonchev–Trinajstić information content (AvgIpc) is 3.48. The zero-order chi connectivity index (χ0) is 25.4. The van der Waals surface area contributed by atoms with Crippen LogP contribution in [0.25, 0.3) is 16.6 Å². The number of pyridine rings is 1. The number of fused-ring (bicyclic) bond motifs is 1. The molecule has 2 aliphatic heterocycles. The number of anilines is 2. The van der Waals surface area contributed by atoms with Crippen molar-refractivity contribution in [3.63, 3.8) is 0 Å². The molecule has 0 spiro atoms. The summed E-state index contributed by atoms with van der Waals surface area (Å²) in [4.78, 5) is 42.8. The number of aromatic nitrogens is 3. The molecule has 2 saturated heterocycles. The van der Waals surface area contributed by atoms with Crippen molar-refractivity contribution in [3.05, 3.63) is 88.3 Å². The fraction of sp³-hybridized carbons (Fsp3) is 0.310. The van der Waals surface area contributed by atoms with E-state index in [2.05, 4.69) is 14.8 Å². The van der Waals surface area contributed by atoms with Gasteiger partial charge in [-0.15, -0.1) is 0 Å². The lowest BCUT2D eigenvalue weighted by molar-refractivity contribution is 0.0746. The summed E-state index contributed by atoms with van der Waals surface area (Å²) in [5.41, 5.74) is 2.91. The lowest BCUT2D eigenvalue weighted by Crippen LogP contribution is -2.49. The van der Waals surface area contributed by atoms with E-state index >= 15 is 0 Å². The van der Waals surface area contributed by atoms with Crippen molar-refractivity contribution in [2.75, 3.05) is 49.1 Å². The first-order chi connectivity index (χ1) is 18.1. The third kappa shape index (κ3) is 4.43. The Kier molecular flexibility index (Phi) is 6.08. The van der Waals surface area contributed by atoms with Crippen LogP contribution in [0, 0.1) is 6.92 Å². The monoisotopic (exact) mass is 494 g/mol. The smallest absolute Gasteiger partial charge is 0.267 e. The van der Waals surface area contributed by atoms with Crippen molar-refractivity contribution < 1.29 is 4.79 Å². The maximum absolute atomic E-state index is 13.8. The van der Waals surface area contributed by atoms with E-state index in [9.17, 15) is 9.59 Å². The molecule has 2 fully saturated rings. The first kappa shape index (κ1) is 23.2. The van der Waals surface area contributed by atoms with Crippen LogP contribution in [-0.2, 0) is 0 Å². The molecule has 0 aliphatic carbocycles. The molecule has 0 radical (unpaired) electrons. The molecule has 8 nitrogen and oxygen atoms in total. The van der Waals surface area contributed by atoms with Crippen molar-refractivity contribution >= 4 is 28.6 Å². The van der Waals surface area contributed by atoms with Crippen LogP contribution in [0.1, 0.15) is 28.8 Å². The van der Waals surface area contributed by atoms with E-state index < -0.39 is 0 Å². The standard InChI is InChI=1S/C29H30N6O2/c1-21-7-6-8-23(19-21)35-28(37)24-11-10-22(20-25(24)31-29(35)34-13-4-5-14-34)27(36)33-17-15-32(16-18-33)26-9-2-3-12-30-26/h2-3,6-12,19-20H,4-5,13-18H2,1H3. The van der Waals surface area contributed by atoms with Gasteiger partial charge in [0.2, 0.25) is 5.95 Å². The van der Waals surface area contributed by atoms with Crippen molar-refractivity contribution in [1.29, 1.82) is 0 Å². The van der Waals surface area contributed by atoms with Gasteiger partial charge in [-0.2, -0.15) is 0 Å². The van der Waals surface area contributed by atoms with E-state index in [1.807, 2.05) is 54.3 Å². The summed E-state index contributed by atoms with van der Waals surface area (Å²) in [5, 5.41) is 0.515. The molecule has 2 aromatic carbocycles. The van der Waals surface area contributed by atoms with E-state index in [0.29, 0.717) is 35.5 Å². The van der Waals surface area contributed by atoms with Crippen LogP contribution < -0.4 is 15.4 Å². The molecule has 6 rings (SSSR count). The highest BCUT2D eigenvalue weighted by molar-refractivity contribution is 5.98. The molecule has 37 heavy (non-hydrogen) atoms. The summed E-state index contributed by atoms with van der Waals surface area (Å²) in [6.07, 6.45) is 3.94. The van der Waals surface area contributed by atoms with E-state index in [4.69, 9.17) is 4.98 Å². The molecule has 188 valence electrons. The molecule has 2 aliphatic rings. The molecule has 8 heteroatoms. The molecular weight excluding hydrogens is 464 g/mol. The van der Waals surface area contributed by atoms with Gasteiger partial charge in [-0.1, -0.05) is 18.2 Å². The van der Waals surface area contributed by atoms with E-state index in [1.54, 1.807) is 29.0 Å². The fourth-order valence-electron chi connectivity index (χ4n) is 5.30. The van der Waals surface area contributed by atoms with E-state index in [-0.39, 0.29) is 11.5 Å². The van der Waals surface area contributed by atoms with Crippen LogP contribution in [0.2, 0.25) is 0 Å². The van der Waals surface area contributed by atoms with Crippen molar-refractivity contribution in [2.45, 2.75) is 19.8 Å². The normalized spacial score (nSPS) is 16.0. The second-order valence-corrected chi connectivity index (χ2v) is 9.78. The van der Waals surface area contributed by atoms with Gasteiger partial charge >= 0.3 is 0 Å². The first-order valence-corrected chi connectivity index (χ1v) is 12.9. The lowest BCUT2D eigenvalue weighted by atomic mass is 10.1. The minimum Gasteiger partial charge on any atom is -0.353 e. The summed E-state index contributed by atoms with van der Waals surface area (Å²) < 4.78 is 1.72. The van der Waals surface area contributed by atoms with Gasteiger partial charge in [0.05, 0.1) is 16.6 Å². The van der Waals surface area contributed by atoms with Crippen LogP contribution in [0.3, 0.4) is 0 Å². The third-order valence-corrected chi connectivity index (χ3v) is 7.29. The average molecular weight is 495 g/mol. The third-order valence-electron chi connectivity index (χ3n) is 7.29. The zero-order valence-electron chi connectivity index (χ0n) is 21.0. The molecular formula is C29H30N6O2. The minimum atomic E-state index is -0.111. The van der Waals surface area contributed by atoms with Crippen molar-refractivity contribution in [1.82, 2.24) is 19.4 Å². The Balaban J connectivity index is 1.33. The highest BCUT2D eigenvalue weighted by Gasteiger charge is 2.25. The molecule has 0 saturated carbocycles. The van der Waals surface area contributed by atoms with Gasteiger partial charge in [-0.3, -0.25) is 9.59 Å². The van der Waals surface area contributed by atoms with Crippen LogP contribution >= 0.6 is 0 Å². The highest BCUT2D eigenvalue weighted by atomic mass is 16.2. The molecule has 4 aromatic rings. The predicted molar refractivity (Wildman–Crippen MR) is 146 cm³/mol. The van der Waals surface area contributed by atoms with Crippen molar-refractivity contribution in [3.8, 4) is 5.69 Å². The zero-order valence-corrected chi connectivity index (χ0v) is 21.0. The Morgan fingerprint density at radius 2 is 1.65 bits per heavy atom. The number of piperazine rings is 1. The summed E-state index contributed by atoms with van der Waals surface area (Å²) in [6, 6.07) is 19.1. The largest absolute Gasteiger partial charge is 0.353 e. The van der Waals surface area contributed by atoms with Crippen LogP contribution in [0.4, 0.5) is 11.8 Å². The summed E-state index contributed by atoms with van der Waals surface area (Å²) in [6.45, 7) is 6.45. The molecule has 1 amide bonds. The molecule has 0 N–H and O–H groups in total. The van der Waals surface area contributed by atoms with Gasteiger partial charge in [0.25, 0.3) is 11.5 Å². The fourth-order valence-corrected chi connectivity index (χ4v) is 5.30. The Hall–Kier alpha value is -4.20. The quantitative estimate of drug-likeness (QED) is 0.431. The Morgan fingerprint density at radius 3 is 2.38 bits per heavy atom. The maximum atomic E-state index is 13.8. The van der Waals surface area contributed by atoms with E-state index in [0.717, 1.165) is 56.1 Å². The van der Waals surface area contributed by atoms with Crippen LogP contribution in [0.15, 0.2) is 71.7 Å². The Morgan fingerprint density at radius 1 is 0.838 bits per heavy atom. The molecule has 4 heterocycles. The topological polar surface area (TPSA) is 74.6 Å². The Bertz CT molecular complexity index is 1500. The number of rotatable bonds is 4. The molecule has 0 bridgehead atoms. The van der Waals surface area contributed by atoms with Gasteiger partial charge in [0.1, 0.15) is 5.82 Å². The number of aryl methyl sites for hydroxylation is 1. The number of hydrogen-bond donors (Lipinski definition) is 0. The Labute approximate surface area is 215 Å². The number of amides is 1. The SMILES string of the molecule is Cc1cccc(-n2c(N3CCCC3)nc3cc(C(=O)N4CCN(c5ccccn5)CC4)ccc3c2=O)c1. The number of nitrogens with zero attached hydrogens (tertiary/aromatic N) is 6. The van der Waals surface area contributed by atoms with Gasteiger partial charge in [0.15, 0.2) is 0 Å². The van der Waals surface area contributed by atoms with Crippen molar-refractivity contribution in [2.24, 2.45) is 0 Å². The minimum absolute atomic E-state index is 0.0324. The predicted octanol–water partition coefficient (Wildman–Crippen LogP) is 3.65. The maximum Gasteiger partial charge on any atom is 0.267 e. The van der Waals surface area contributed by atoms with Crippen LogP contribution in [-0.4, -0.2) is 64.6 Å². The van der Waals surface area contributed by atoms with E-state index in [1.165, 1.54) is 0 Å². The summed E-state index contributed by atoms with van der Waals surface area (Å²) in [7, 11) is 0. The first-order valence-electron chi connectivity index (χ1n) is 12.9. The lowest BCUT2D eigenvalue weighted by Gasteiger charge is -2.35. The number of hydrogen-bond acceptors (Lipinski definition) is 6. The second-order valence-electron chi connectivity index (χ2n) is 9.78. The summed E-state index contributed by atoms with van der Waals surface area (Å²) >= 11 is 0. The van der Waals surface area contributed by atoms with Gasteiger partial charge in [0, 0.05) is 51.0 Å². The molecule has 0 atom stereocenters. The second kappa shape index (κ2) is 9.69. The molecule has 2 aromatic heterocycles. The van der Waals surface area contributed by atoms with Gasteiger partial charge in [-0.05, 0) is 67.8 Å². The van der Waals surface area contributed by atoms with Gasteiger partial charge < -0.3 is 14.7 Å². The number of benzene rings is 2. The van der Waals surface area contributed by atoms with Gasteiger partial charge in [-0.25, -0.2) is 14.5 Å². The molecule has 0 unspecified atom stereocenters. The number of carbonyl (C=O) groups excluding carboxylic acids is 1.